The number of fused-ring (bicyclic) bond motifs is 3. The largest absolute Gasteiger partial charge is 0.313 e. The highest BCUT2D eigenvalue weighted by molar-refractivity contribution is 4.94. The van der Waals surface area contributed by atoms with Crippen LogP contribution in [0, 0.1) is 17.8 Å². The van der Waals surface area contributed by atoms with Gasteiger partial charge >= 0.3 is 0 Å². The van der Waals surface area contributed by atoms with Gasteiger partial charge in [0.2, 0.25) is 0 Å². The van der Waals surface area contributed by atoms with Crippen LogP contribution in [0.3, 0.4) is 0 Å². The molecule has 1 N–H and O–H groups in total. The van der Waals surface area contributed by atoms with Crippen LogP contribution in [0.5, 0.6) is 0 Å². The third kappa shape index (κ3) is 1.50. The highest BCUT2D eigenvalue weighted by Crippen LogP contribution is 2.43. The lowest BCUT2D eigenvalue weighted by Crippen LogP contribution is -2.52. The molecule has 2 saturated carbocycles. The van der Waals surface area contributed by atoms with E-state index in [1.807, 2.05) is 0 Å². The van der Waals surface area contributed by atoms with Gasteiger partial charge in [-0.1, -0.05) is 25.7 Å². The van der Waals surface area contributed by atoms with E-state index in [0.717, 1.165) is 23.8 Å². The topological polar surface area (TPSA) is 12.0 Å². The van der Waals surface area contributed by atoms with Gasteiger partial charge in [-0.2, -0.15) is 0 Å². The Kier molecular flexibility index (Phi) is 2.53. The van der Waals surface area contributed by atoms with Crippen molar-refractivity contribution in [3.8, 4) is 0 Å². The summed E-state index contributed by atoms with van der Waals surface area (Å²) in [5.41, 5.74) is 0. The third-order valence-electron chi connectivity index (χ3n) is 4.98. The first-order chi connectivity index (χ1) is 6.95. The van der Waals surface area contributed by atoms with Gasteiger partial charge in [0.25, 0.3) is 0 Å². The number of nitrogens with one attached hydrogen (secondary N) is 1. The van der Waals surface area contributed by atoms with Crippen LogP contribution >= 0.6 is 0 Å². The fraction of sp³-hybridized carbons (Fsp3) is 1.00. The van der Waals surface area contributed by atoms with Crippen LogP contribution < -0.4 is 5.32 Å². The second-order valence-corrected chi connectivity index (χ2v) is 5.67. The number of piperidine rings is 1. The molecule has 4 atom stereocenters. The standard InChI is InChI=1S/C13H23N/c1-2-6-11-10(5-1)9-14-13-8-4-3-7-12(11)13/h10-14H,1-9H2/t10-,11+,12-,13+/m1/s1. The van der Waals surface area contributed by atoms with Crippen LogP contribution in [0.15, 0.2) is 0 Å². The van der Waals surface area contributed by atoms with Gasteiger partial charge in [0.1, 0.15) is 0 Å². The lowest BCUT2D eigenvalue weighted by molar-refractivity contribution is 0.0555. The lowest BCUT2D eigenvalue weighted by atomic mass is 9.64. The van der Waals surface area contributed by atoms with E-state index >= 15 is 0 Å². The summed E-state index contributed by atoms with van der Waals surface area (Å²) in [7, 11) is 0. The second kappa shape index (κ2) is 3.84. The molecular weight excluding hydrogens is 170 g/mol. The Balaban J connectivity index is 1.74. The molecule has 0 aromatic carbocycles. The molecule has 14 heavy (non-hydrogen) atoms. The second-order valence-electron chi connectivity index (χ2n) is 5.67. The average molecular weight is 193 g/mol. The van der Waals surface area contributed by atoms with Crippen molar-refractivity contribution in [1.82, 2.24) is 5.32 Å². The van der Waals surface area contributed by atoms with E-state index in [-0.39, 0.29) is 0 Å². The number of hydrogen-bond donors (Lipinski definition) is 1. The quantitative estimate of drug-likeness (QED) is 0.623. The maximum Gasteiger partial charge on any atom is 0.00981 e. The van der Waals surface area contributed by atoms with Crippen LogP contribution in [0.2, 0.25) is 0 Å². The smallest absolute Gasteiger partial charge is 0.00981 e. The Morgan fingerprint density at radius 2 is 1.43 bits per heavy atom. The summed E-state index contributed by atoms with van der Waals surface area (Å²) in [6.45, 7) is 1.34. The highest BCUT2D eigenvalue weighted by Gasteiger charge is 2.40. The lowest BCUT2D eigenvalue weighted by Gasteiger charge is -2.48. The predicted octanol–water partition coefficient (Wildman–Crippen LogP) is 2.95. The summed E-state index contributed by atoms with van der Waals surface area (Å²) >= 11 is 0. The number of hydrogen-bond acceptors (Lipinski definition) is 1. The van der Waals surface area contributed by atoms with Crippen LogP contribution in [-0.4, -0.2) is 12.6 Å². The zero-order valence-electron chi connectivity index (χ0n) is 9.17. The minimum absolute atomic E-state index is 0.906. The van der Waals surface area contributed by atoms with Crippen LogP contribution in [0.25, 0.3) is 0 Å². The Hall–Kier alpha value is -0.0400. The van der Waals surface area contributed by atoms with E-state index < -0.39 is 0 Å². The molecule has 0 aromatic heterocycles. The first kappa shape index (κ1) is 9.21. The predicted molar refractivity (Wildman–Crippen MR) is 59.2 cm³/mol. The molecule has 80 valence electrons. The molecule has 0 amide bonds. The van der Waals surface area contributed by atoms with Gasteiger partial charge in [0.15, 0.2) is 0 Å². The fourth-order valence-electron chi connectivity index (χ4n) is 4.28. The molecule has 0 radical (unpaired) electrons. The van der Waals surface area contributed by atoms with Gasteiger partial charge in [-0.05, 0) is 50.0 Å². The average Bonchev–Trinajstić information content (AvgIpc) is 2.29. The molecule has 0 spiro atoms. The van der Waals surface area contributed by atoms with Gasteiger partial charge in [-0.3, -0.25) is 0 Å². The summed E-state index contributed by atoms with van der Waals surface area (Å²) < 4.78 is 0. The van der Waals surface area contributed by atoms with Crippen molar-refractivity contribution in [2.75, 3.05) is 6.54 Å². The summed E-state index contributed by atoms with van der Waals surface area (Å²) in [5.74, 6) is 3.21. The fourth-order valence-corrected chi connectivity index (χ4v) is 4.28. The van der Waals surface area contributed by atoms with Crippen molar-refractivity contribution in [1.29, 1.82) is 0 Å². The van der Waals surface area contributed by atoms with E-state index in [1.165, 1.54) is 51.5 Å². The first-order valence-electron chi connectivity index (χ1n) is 6.68. The third-order valence-corrected chi connectivity index (χ3v) is 4.98. The van der Waals surface area contributed by atoms with Crippen LogP contribution in [0.1, 0.15) is 51.4 Å². The van der Waals surface area contributed by atoms with Crippen molar-refractivity contribution in [2.24, 2.45) is 17.8 Å². The van der Waals surface area contributed by atoms with Crippen LogP contribution in [-0.2, 0) is 0 Å². The molecule has 1 saturated heterocycles. The molecule has 0 unspecified atom stereocenters. The van der Waals surface area contributed by atoms with Crippen molar-refractivity contribution < 1.29 is 0 Å². The van der Waals surface area contributed by atoms with Crippen molar-refractivity contribution >= 4 is 0 Å². The molecule has 0 bridgehead atoms. The molecular formula is C13H23N. The molecule has 1 aliphatic heterocycles. The normalized spacial score (nSPS) is 48.0. The molecule has 1 heterocycles. The Bertz CT molecular complexity index is 179. The van der Waals surface area contributed by atoms with Gasteiger partial charge in [-0.25, -0.2) is 0 Å². The molecule has 1 heteroatoms. The molecule has 3 fully saturated rings. The van der Waals surface area contributed by atoms with Gasteiger partial charge < -0.3 is 5.32 Å². The van der Waals surface area contributed by atoms with Gasteiger partial charge in [0.05, 0.1) is 0 Å². The van der Waals surface area contributed by atoms with E-state index in [1.54, 1.807) is 6.42 Å². The van der Waals surface area contributed by atoms with E-state index in [0.29, 0.717) is 0 Å². The monoisotopic (exact) mass is 193 g/mol. The summed E-state index contributed by atoms with van der Waals surface area (Å²) in [4.78, 5) is 0. The maximum absolute atomic E-state index is 3.82. The first-order valence-corrected chi connectivity index (χ1v) is 6.68. The highest BCUT2D eigenvalue weighted by atomic mass is 14.9. The van der Waals surface area contributed by atoms with E-state index in [4.69, 9.17) is 0 Å². The molecule has 2 aliphatic carbocycles. The summed E-state index contributed by atoms with van der Waals surface area (Å²) in [6, 6.07) is 0.906. The van der Waals surface area contributed by atoms with Crippen LogP contribution in [0.4, 0.5) is 0 Å². The molecule has 3 aliphatic rings. The van der Waals surface area contributed by atoms with Crippen molar-refractivity contribution in [3.63, 3.8) is 0 Å². The molecule has 0 aromatic rings. The Morgan fingerprint density at radius 1 is 0.714 bits per heavy atom. The van der Waals surface area contributed by atoms with E-state index in [9.17, 15) is 0 Å². The zero-order chi connectivity index (χ0) is 9.38. The van der Waals surface area contributed by atoms with Crippen molar-refractivity contribution in [2.45, 2.75) is 57.4 Å². The van der Waals surface area contributed by atoms with Gasteiger partial charge in [0, 0.05) is 6.04 Å². The SMILES string of the molecule is C1CC[C@H]2[C@H](C1)CN[C@H]1CCCC[C@H]21. The molecule has 1 nitrogen and oxygen atoms in total. The molecule has 3 rings (SSSR count). The minimum Gasteiger partial charge on any atom is -0.313 e. The summed E-state index contributed by atoms with van der Waals surface area (Å²) in [6.07, 6.45) is 12.1. The Labute approximate surface area is 87.7 Å². The summed E-state index contributed by atoms with van der Waals surface area (Å²) in [5, 5.41) is 3.82. The van der Waals surface area contributed by atoms with Crippen molar-refractivity contribution in [3.05, 3.63) is 0 Å². The minimum atomic E-state index is 0.906. The number of rotatable bonds is 0. The van der Waals surface area contributed by atoms with Gasteiger partial charge in [-0.15, -0.1) is 0 Å². The Morgan fingerprint density at radius 3 is 2.36 bits per heavy atom. The zero-order valence-corrected chi connectivity index (χ0v) is 9.17. The maximum atomic E-state index is 3.82. The van der Waals surface area contributed by atoms with E-state index in [2.05, 4.69) is 5.32 Å².